The van der Waals surface area contributed by atoms with Crippen LogP contribution in [0.4, 0.5) is 5.00 Å². The van der Waals surface area contributed by atoms with E-state index in [1.807, 2.05) is 7.05 Å². The summed E-state index contributed by atoms with van der Waals surface area (Å²) >= 11 is 1.38. The Labute approximate surface area is 204 Å². The van der Waals surface area contributed by atoms with Crippen molar-refractivity contribution in [3.63, 3.8) is 0 Å². The third kappa shape index (κ3) is 5.25. The van der Waals surface area contributed by atoms with Crippen LogP contribution in [0.5, 0.6) is 0 Å². The zero-order chi connectivity index (χ0) is 22.9. The second-order valence-corrected chi connectivity index (χ2v) is 11.2. The highest BCUT2D eigenvalue weighted by atomic mass is 35.5. The number of anilines is 1. The smallest absolute Gasteiger partial charge is 0.341 e. The van der Waals surface area contributed by atoms with E-state index in [-0.39, 0.29) is 17.3 Å². The molecule has 0 spiro atoms. The van der Waals surface area contributed by atoms with Gasteiger partial charge in [0, 0.05) is 36.6 Å². The lowest BCUT2D eigenvalue weighted by Crippen LogP contribution is -2.35. The number of sulfonamides is 1. The van der Waals surface area contributed by atoms with E-state index < -0.39 is 21.9 Å². The number of carbonyl (C=O) groups is 2. The molecule has 4 rings (SSSR count). The molecule has 11 heteroatoms. The molecule has 0 bridgehead atoms. The molecule has 0 atom stereocenters. The fourth-order valence-corrected chi connectivity index (χ4v) is 6.97. The minimum absolute atomic E-state index is 0. The van der Waals surface area contributed by atoms with Crippen LogP contribution in [-0.4, -0.2) is 63.3 Å². The Bertz CT molecular complexity index is 1130. The molecule has 1 N–H and O–H groups in total. The number of nitrogens with one attached hydrogen (secondary N) is 1. The second kappa shape index (κ2) is 10.5. The standard InChI is InChI=1S/C22H27N3O5S2.ClH/c1-24-13-10-17-18(14-24)31-21(19(17)22(27)30-2)23-20(26)15-6-8-16(9-7-15)32(28,29)25-11-4-3-5-12-25;/h6-9H,3-5,10-14H2,1-2H3,(H,23,26);1H. The lowest BCUT2D eigenvalue weighted by Gasteiger charge is -2.25. The SMILES string of the molecule is COC(=O)c1c(NC(=O)c2ccc(S(=O)(=O)N3CCCCC3)cc2)sc2c1CCN(C)C2.Cl. The van der Waals surface area contributed by atoms with Crippen molar-refractivity contribution in [3.8, 4) is 0 Å². The number of esters is 1. The van der Waals surface area contributed by atoms with Crippen LogP contribution in [0, 0.1) is 0 Å². The molecular weight excluding hydrogens is 486 g/mol. The molecule has 2 aliphatic heterocycles. The van der Waals surface area contributed by atoms with E-state index in [9.17, 15) is 18.0 Å². The number of piperidine rings is 1. The molecule has 0 radical (unpaired) electrons. The first-order valence-electron chi connectivity index (χ1n) is 10.6. The first-order chi connectivity index (χ1) is 15.3. The number of hydrogen-bond acceptors (Lipinski definition) is 7. The summed E-state index contributed by atoms with van der Waals surface area (Å²) in [6.07, 6.45) is 3.48. The number of thiophene rings is 1. The predicted molar refractivity (Wildman–Crippen MR) is 130 cm³/mol. The number of carbonyl (C=O) groups excluding carboxylic acids is 2. The van der Waals surface area contributed by atoms with Gasteiger partial charge in [-0.25, -0.2) is 13.2 Å². The Balaban J connectivity index is 0.00000306. The summed E-state index contributed by atoms with van der Waals surface area (Å²) in [6, 6.07) is 5.94. The average Bonchev–Trinajstić information content (AvgIpc) is 3.15. The molecule has 1 fully saturated rings. The van der Waals surface area contributed by atoms with Crippen molar-refractivity contribution < 1.29 is 22.7 Å². The molecule has 0 saturated carbocycles. The molecule has 1 aromatic heterocycles. The monoisotopic (exact) mass is 513 g/mol. The van der Waals surface area contributed by atoms with Crippen LogP contribution in [0.2, 0.25) is 0 Å². The quantitative estimate of drug-likeness (QED) is 0.616. The third-order valence-corrected chi connectivity index (χ3v) is 8.98. The first-order valence-corrected chi connectivity index (χ1v) is 12.9. The van der Waals surface area contributed by atoms with Crippen molar-refractivity contribution >= 4 is 50.6 Å². The minimum Gasteiger partial charge on any atom is -0.465 e. The normalized spacial score (nSPS) is 17.0. The van der Waals surface area contributed by atoms with Gasteiger partial charge < -0.3 is 15.0 Å². The van der Waals surface area contributed by atoms with Gasteiger partial charge in [0.2, 0.25) is 10.0 Å². The maximum absolute atomic E-state index is 12.9. The zero-order valence-electron chi connectivity index (χ0n) is 18.6. The number of fused-ring (bicyclic) bond motifs is 1. The summed E-state index contributed by atoms with van der Waals surface area (Å²) in [5.74, 6) is -0.866. The van der Waals surface area contributed by atoms with Crippen LogP contribution in [-0.2, 0) is 27.7 Å². The van der Waals surface area contributed by atoms with Crippen LogP contribution in [0.25, 0.3) is 0 Å². The fourth-order valence-electron chi connectivity index (χ4n) is 4.15. The number of amides is 1. The highest BCUT2D eigenvalue weighted by Gasteiger charge is 2.29. The van der Waals surface area contributed by atoms with Crippen LogP contribution >= 0.6 is 23.7 Å². The number of likely N-dealkylation sites (N-methyl/N-ethyl adjacent to an activating group) is 1. The minimum atomic E-state index is -3.55. The van der Waals surface area contributed by atoms with Gasteiger partial charge in [-0.3, -0.25) is 4.79 Å². The average molecular weight is 514 g/mol. The van der Waals surface area contributed by atoms with E-state index in [1.54, 1.807) is 0 Å². The largest absolute Gasteiger partial charge is 0.465 e. The van der Waals surface area contributed by atoms with Crippen LogP contribution < -0.4 is 5.32 Å². The van der Waals surface area contributed by atoms with Crippen molar-refractivity contribution in [1.29, 1.82) is 0 Å². The molecule has 1 saturated heterocycles. The Hall–Kier alpha value is -1.98. The number of methoxy groups -OCH3 is 1. The second-order valence-electron chi connectivity index (χ2n) is 8.13. The molecule has 180 valence electrons. The number of rotatable bonds is 5. The first kappa shape index (κ1) is 25.6. The van der Waals surface area contributed by atoms with Crippen molar-refractivity contribution in [2.75, 3.05) is 39.1 Å². The summed E-state index contributed by atoms with van der Waals surface area (Å²) in [5.41, 5.74) is 1.67. The van der Waals surface area contributed by atoms with Crippen molar-refractivity contribution in [3.05, 3.63) is 45.8 Å². The van der Waals surface area contributed by atoms with Crippen LogP contribution in [0.1, 0.15) is 50.4 Å². The number of hydrogen-bond donors (Lipinski definition) is 1. The summed E-state index contributed by atoms with van der Waals surface area (Å²) < 4.78 is 32.1. The van der Waals surface area contributed by atoms with Crippen molar-refractivity contribution in [2.24, 2.45) is 0 Å². The summed E-state index contributed by atoms with van der Waals surface area (Å²) in [5, 5.41) is 3.30. The molecule has 1 aromatic carbocycles. The Kier molecular flexibility index (Phi) is 8.17. The van der Waals surface area contributed by atoms with Crippen molar-refractivity contribution in [1.82, 2.24) is 9.21 Å². The van der Waals surface area contributed by atoms with E-state index in [0.29, 0.717) is 42.2 Å². The highest BCUT2D eigenvalue weighted by Crippen LogP contribution is 2.37. The lowest BCUT2D eigenvalue weighted by atomic mass is 10.0. The Morgan fingerprint density at radius 3 is 2.36 bits per heavy atom. The van der Waals surface area contributed by atoms with E-state index in [0.717, 1.165) is 36.2 Å². The van der Waals surface area contributed by atoms with E-state index >= 15 is 0 Å². The van der Waals surface area contributed by atoms with Gasteiger partial charge in [0.25, 0.3) is 5.91 Å². The maximum atomic E-state index is 12.9. The van der Waals surface area contributed by atoms with Crippen LogP contribution in [0.15, 0.2) is 29.2 Å². The van der Waals surface area contributed by atoms with Gasteiger partial charge >= 0.3 is 5.97 Å². The summed E-state index contributed by atoms with van der Waals surface area (Å²) in [6.45, 7) is 2.59. The highest BCUT2D eigenvalue weighted by molar-refractivity contribution is 7.89. The van der Waals surface area contributed by atoms with E-state index in [2.05, 4.69) is 10.2 Å². The molecular formula is C22H28ClN3O5S2. The van der Waals surface area contributed by atoms with Gasteiger partial charge in [-0.05, 0) is 56.1 Å². The number of nitrogens with zero attached hydrogens (tertiary/aromatic N) is 2. The van der Waals surface area contributed by atoms with Gasteiger partial charge in [-0.15, -0.1) is 23.7 Å². The zero-order valence-corrected chi connectivity index (χ0v) is 21.1. The molecule has 1 amide bonds. The van der Waals surface area contributed by atoms with Gasteiger partial charge in [-0.2, -0.15) is 4.31 Å². The molecule has 33 heavy (non-hydrogen) atoms. The third-order valence-electron chi connectivity index (χ3n) is 5.93. The van der Waals surface area contributed by atoms with Gasteiger partial charge in [0.15, 0.2) is 0 Å². The summed E-state index contributed by atoms with van der Waals surface area (Å²) in [4.78, 5) is 28.7. The lowest BCUT2D eigenvalue weighted by molar-refractivity contribution is 0.0600. The van der Waals surface area contributed by atoms with E-state index in [1.165, 1.54) is 47.0 Å². The van der Waals surface area contributed by atoms with Gasteiger partial charge in [-0.1, -0.05) is 6.42 Å². The number of benzene rings is 1. The molecule has 3 heterocycles. The topological polar surface area (TPSA) is 96.0 Å². The fraction of sp³-hybridized carbons (Fsp3) is 0.455. The van der Waals surface area contributed by atoms with Crippen molar-refractivity contribution in [2.45, 2.75) is 37.1 Å². The molecule has 2 aromatic rings. The maximum Gasteiger partial charge on any atom is 0.341 e. The Morgan fingerprint density at radius 1 is 1.06 bits per heavy atom. The molecule has 0 unspecified atom stereocenters. The predicted octanol–water partition coefficient (Wildman–Crippen LogP) is 3.37. The van der Waals surface area contributed by atoms with Gasteiger partial charge in [0.1, 0.15) is 5.00 Å². The molecule has 2 aliphatic rings. The van der Waals surface area contributed by atoms with Crippen LogP contribution in [0.3, 0.4) is 0 Å². The van der Waals surface area contributed by atoms with E-state index in [4.69, 9.17) is 4.74 Å². The summed E-state index contributed by atoms with van der Waals surface area (Å²) in [7, 11) is -0.214. The number of ether oxygens (including phenoxy) is 1. The molecule has 0 aliphatic carbocycles. The molecule has 8 nitrogen and oxygen atoms in total. The number of halogens is 1. The Morgan fingerprint density at radius 2 is 1.73 bits per heavy atom. The van der Waals surface area contributed by atoms with Gasteiger partial charge in [0.05, 0.1) is 17.6 Å².